The molecule has 1 saturated heterocycles. The first-order chi connectivity index (χ1) is 9.15. The zero-order valence-electron chi connectivity index (χ0n) is 11.8. The fraction of sp³-hybridized carbons (Fsp3) is 0.600. The van der Waals surface area contributed by atoms with Crippen LogP contribution in [0.2, 0.25) is 0 Å². The summed E-state index contributed by atoms with van der Waals surface area (Å²) < 4.78 is 6.88. The van der Waals surface area contributed by atoms with Gasteiger partial charge in [-0.2, -0.15) is 0 Å². The Kier molecular flexibility index (Phi) is 5.67. The number of ether oxygens (including phenoxy) is 1. The number of hydrogen-bond donors (Lipinski definition) is 0. The van der Waals surface area contributed by atoms with Crippen LogP contribution in [0.25, 0.3) is 0 Å². The van der Waals surface area contributed by atoms with Crippen LogP contribution in [0.1, 0.15) is 12.8 Å². The number of halogens is 1. The highest BCUT2D eigenvalue weighted by Crippen LogP contribution is 2.19. The summed E-state index contributed by atoms with van der Waals surface area (Å²) in [6, 6.07) is 8.74. The number of benzene rings is 1. The van der Waals surface area contributed by atoms with Crippen molar-refractivity contribution in [1.82, 2.24) is 9.80 Å². The number of likely N-dealkylation sites (N-methyl/N-ethyl adjacent to an activating group) is 1. The van der Waals surface area contributed by atoms with Crippen molar-refractivity contribution >= 4 is 15.9 Å². The van der Waals surface area contributed by atoms with Crippen molar-refractivity contribution in [1.29, 1.82) is 0 Å². The molecule has 19 heavy (non-hydrogen) atoms. The summed E-state index contributed by atoms with van der Waals surface area (Å²) in [5.41, 5.74) is 0. The van der Waals surface area contributed by atoms with Gasteiger partial charge in [0, 0.05) is 23.6 Å². The first-order valence-corrected chi connectivity index (χ1v) is 7.71. The molecule has 0 radical (unpaired) electrons. The Morgan fingerprint density at radius 2 is 2.26 bits per heavy atom. The van der Waals surface area contributed by atoms with Gasteiger partial charge >= 0.3 is 0 Å². The molecule has 1 heterocycles. The van der Waals surface area contributed by atoms with E-state index in [2.05, 4.69) is 39.8 Å². The van der Waals surface area contributed by atoms with Gasteiger partial charge in [-0.1, -0.05) is 22.0 Å². The van der Waals surface area contributed by atoms with Gasteiger partial charge in [0.15, 0.2) is 0 Å². The summed E-state index contributed by atoms with van der Waals surface area (Å²) in [5.74, 6) is 0.942. The lowest BCUT2D eigenvalue weighted by Crippen LogP contribution is -2.39. The topological polar surface area (TPSA) is 15.7 Å². The fourth-order valence-corrected chi connectivity index (χ4v) is 3.03. The second kappa shape index (κ2) is 7.27. The average Bonchev–Trinajstić information content (AvgIpc) is 2.76. The van der Waals surface area contributed by atoms with Crippen molar-refractivity contribution in [2.45, 2.75) is 18.9 Å². The molecule has 1 unspecified atom stereocenters. The Morgan fingerprint density at radius 1 is 1.42 bits per heavy atom. The molecule has 0 N–H and O–H groups in total. The normalized spacial score (nSPS) is 20.1. The standard InChI is InChI=1S/C15H23BrN2O/c1-17(2)12-14-6-4-8-18(14)9-10-19-15-7-3-5-13(16)11-15/h3,5,7,11,14H,4,6,8-10,12H2,1-2H3. The molecule has 2 rings (SSSR count). The van der Waals surface area contributed by atoms with Gasteiger partial charge in [0.1, 0.15) is 12.4 Å². The van der Waals surface area contributed by atoms with Crippen molar-refractivity contribution in [2.75, 3.05) is 40.3 Å². The summed E-state index contributed by atoms with van der Waals surface area (Å²) in [6.07, 6.45) is 2.63. The molecule has 1 aromatic rings. The van der Waals surface area contributed by atoms with Gasteiger partial charge in [0.05, 0.1) is 0 Å². The smallest absolute Gasteiger partial charge is 0.120 e. The van der Waals surface area contributed by atoms with E-state index in [9.17, 15) is 0 Å². The van der Waals surface area contributed by atoms with Crippen molar-refractivity contribution in [3.8, 4) is 5.75 Å². The minimum absolute atomic E-state index is 0.695. The maximum atomic E-state index is 5.82. The minimum atomic E-state index is 0.695. The third kappa shape index (κ3) is 4.79. The third-order valence-corrected chi connectivity index (χ3v) is 4.01. The van der Waals surface area contributed by atoms with E-state index < -0.39 is 0 Å². The molecule has 0 aromatic heterocycles. The van der Waals surface area contributed by atoms with Gasteiger partial charge in [0.25, 0.3) is 0 Å². The number of hydrogen-bond acceptors (Lipinski definition) is 3. The van der Waals surface area contributed by atoms with Crippen LogP contribution in [0, 0.1) is 0 Å². The van der Waals surface area contributed by atoms with E-state index in [1.807, 2.05) is 24.3 Å². The van der Waals surface area contributed by atoms with Crippen molar-refractivity contribution < 1.29 is 4.74 Å². The molecule has 0 aliphatic carbocycles. The van der Waals surface area contributed by atoms with Gasteiger partial charge in [0.2, 0.25) is 0 Å². The van der Waals surface area contributed by atoms with E-state index in [4.69, 9.17) is 4.74 Å². The Bertz CT molecular complexity index is 397. The highest BCUT2D eigenvalue weighted by molar-refractivity contribution is 9.10. The lowest BCUT2D eigenvalue weighted by molar-refractivity contribution is 0.172. The first kappa shape index (κ1) is 14.8. The van der Waals surface area contributed by atoms with E-state index in [0.29, 0.717) is 6.04 Å². The van der Waals surface area contributed by atoms with Crippen molar-refractivity contribution in [2.24, 2.45) is 0 Å². The van der Waals surface area contributed by atoms with Crippen LogP contribution >= 0.6 is 15.9 Å². The molecule has 0 spiro atoms. The van der Waals surface area contributed by atoms with Gasteiger partial charge < -0.3 is 9.64 Å². The van der Waals surface area contributed by atoms with Crippen molar-refractivity contribution in [3.63, 3.8) is 0 Å². The zero-order chi connectivity index (χ0) is 13.7. The Morgan fingerprint density at radius 3 is 3.00 bits per heavy atom. The molecule has 4 heteroatoms. The summed E-state index contributed by atoms with van der Waals surface area (Å²) in [4.78, 5) is 4.83. The molecule has 1 atom stereocenters. The van der Waals surface area contributed by atoms with Gasteiger partial charge in [-0.25, -0.2) is 0 Å². The van der Waals surface area contributed by atoms with Crippen LogP contribution in [0.5, 0.6) is 5.75 Å². The summed E-state index contributed by atoms with van der Waals surface area (Å²) in [7, 11) is 4.29. The maximum absolute atomic E-state index is 5.82. The molecular formula is C15H23BrN2O. The van der Waals surface area contributed by atoms with Crippen LogP contribution in [0.4, 0.5) is 0 Å². The fourth-order valence-electron chi connectivity index (χ4n) is 2.66. The first-order valence-electron chi connectivity index (χ1n) is 6.92. The van der Waals surface area contributed by atoms with Gasteiger partial charge in [-0.3, -0.25) is 4.90 Å². The van der Waals surface area contributed by atoms with E-state index in [1.165, 1.54) is 19.4 Å². The second-order valence-corrected chi connectivity index (χ2v) is 6.32. The molecule has 0 saturated carbocycles. The highest BCUT2D eigenvalue weighted by Gasteiger charge is 2.24. The quantitative estimate of drug-likeness (QED) is 0.799. The van der Waals surface area contributed by atoms with E-state index in [-0.39, 0.29) is 0 Å². The molecule has 1 fully saturated rings. The van der Waals surface area contributed by atoms with Crippen LogP contribution in [0.3, 0.4) is 0 Å². The predicted molar refractivity (Wildman–Crippen MR) is 82.8 cm³/mol. The average molecular weight is 327 g/mol. The minimum Gasteiger partial charge on any atom is -0.492 e. The molecule has 0 amide bonds. The maximum Gasteiger partial charge on any atom is 0.120 e. The van der Waals surface area contributed by atoms with Crippen LogP contribution in [-0.4, -0.2) is 56.2 Å². The highest BCUT2D eigenvalue weighted by atomic mass is 79.9. The SMILES string of the molecule is CN(C)CC1CCCN1CCOc1cccc(Br)c1. The lowest BCUT2D eigenvalue weighted by atomic mass is 10.2. The van der Waals surface area contributed by atoms with Crippen LogP contribution in [-0.2, 0) is 0 Å². The van der Waals surface area contributed by atoms with Crippen LogP contribution < -0.4 is 4.74 Å². The van der Waals surface area contributed by atoms with Gasteiger partial charge in [-0.15, -0.1) is 0 Å². The Hall–Kier alpha value is -0.580. The zero-order valence-corrected chi connectivity index (χ0v) is 13.4. The summed E-state index contributed by atoms with van der Waals surface area (Å²) in [6.45, 7) is 4.14. The van der Waals surface area contributed by atoms with Crippen LogP contribution in [0.15, 0.2) is 28.7 Å². The number of rotatable bonds is 6. The molecule has 0 bridgehead atoms. The van der Waals surface area contributed by atoms with Crippen molar-refractivity contribution in [3.05, 3.63) is 28.7 Å². The molecule has 106 valence electrons. The molecule has 3 nitrogen and oxygen atoms in total. The summed E-state index contributed by atoms with van der Waals surface area (Å²) >= 11 is 3.46. The monoisotopic (exact) mass is 326 g/mol. The van der Waals surface area contributed by atoms with Gasteiger partial charge in [-0.05, 0) is 51.7 Å². The molecule has 1 aromatic carbocycles. The lowest BCUT2D eigenvalue weighted by Gasteiger charge is -2.26. The Labute approximate surface area is 124 Å². The number of nitrogens with zero attached hydrogens (tertiary/aromatic N) is 2. The molecule has 1 aliphatic heterocycles. The predicted octanol–water partition coefficient (Wildman–Crippen LogP) is 2.85. The van der Waals surface area contributed by atoms with E-state index in [1.54, 1.807) is 0 Å². The Balaban J connectivity index is 1.75. The largest absolute Gasteiger partial charge is 0.492 e. The third-order valence-electron chi connectivity index (χ3n) is 3.52. The van der Waals surface area contributed by atoms with E-state index in [0.717, 1.165) is 29.9 Å². The second-order valence-electron chi connectivity index (χ2n) is 5.40. The summed E-state index contributed by atoms with van der Waals surface area (Å²) in [5, 5.41) is 0. The number of likely N-dealkylation sites (tertiary alicyclic amines) is 1. The van der Waals surface area contributed by atoms with E-state index >= 15 is 0 Å². The molecular weight excluding hydrogens is 304 g/mol. The molecule has 1 aliphatic rings.